The van der Waals surface area contributed by atoms with E-state index < -0.39 is 0 Å². The van der Waals surface area contributed by atoms with Crippen LogP contribution in [0.1, 0.15) is 34.1 Å². The normalized spacial score (nSPS) is 15.1. The summed E-state index contributed by atoms with van der Waals surface area (Å²) in [7, 11) is 0. The van der Waals surface area contributed by atoms with E-state index in [-0.39, 0.29) is 18.0 Å². The lowest BCUT2D eigenvalue weighted by molar-refractivity contribution is -0.119. The van der Waals surface area contributed by atoms with Gasteiger partial charge in [-0.05, 0) is 19.3 Å². The van der Waals surface area contributed by atoms with Gasteiger partial charge >= 0.3 is 0 Å². The van der Waals surface area contributed by atoms with Crippen LogP contribution in [0, 0.1) is 5.92 Å². The number of amides is 1. The Morgan fingerprint density at radius 1 is 1.40 bits per heavy atom. The molecule has 0 saturated carbocycles. The molecule has 0 aliphatic carbocycles. The monoisotopic (exact) mass is 232 g/mol. The zero-order valence-corrected chi connectivity index (χ0v) is 11.1. The summed E-state index contributed by atoms with van der Waals surface area (Å²) in [5.74, 6) is 1.98. The van der Waals surface area contributed by atoms with Gasteiger partial charge in [-0.3, -0.25) is 4.79 Å². The molecule has 0 spiro atoms. The Hall–Kier alpha value is -0.220. The molecule has 0 heterocycles. The summed E-state index contributed by atoms with van der Waals surface area (Å²) in [6.07, 6.45) is 0.969. The lowest BCUT2D eigenvalue weighted by Crippen LogP contribution is -2.37. The topological polar surface area (TPSA) is 55.1 Å². The molecule has 0 bridgehead atoms. The van der Waals surface area contributed by atoms with Crippen LogP contribution >= 0.6 is 11.8 Å². The van der Waals surface area contributed by atoms with Gasteiger partial charge in [0.25, 0.3) is 0 Å². The molecule has 0 aromatic carbocycles. The van der Waals surface area contributed by atoms with Gasteiger partial charge in [-0.2, -0.15) is 11.8 Å². The molecule has 4 heteroatoms. The number of carbonyl (C=O) groups is 1. The van der Waals surface area contributed by atoms with E-state index in [0.29, 0.717) is 11.7 Å². The molecule has 2 unspecified atom stereocenters. The molecule has 0 saturated heterocycles. The van der Waals surface area contributed by atoms with Gasteiger partial charge in [0.1, 0.15) is 0 Å². The smallest absolute Gasteiger partial charge is 0.230 e. The first-order valence-electron chi connectivity index (χ1n) is 5.60. The van der Waals surface area contributed by atoms with Gasteiger partial charge in [0.05, 0.1) is 5.75 Å². The molecule has 3 N–H and O–H groups in total. The van der Waals surface area contributed by atoms with Crippen molar-refractivity contribution in [2.24, 2.45) is 11.7 Å². The SMILES string of the molecule is CCC(N)CSCC(=O)NC(C)C(C)C. The fraction of sp³-hybridized carbons (Fsp3) is 0.909. The van der Waals surface area contributed by atoms with Crippen LogP contribution in [-0.2, 0) is 4.79 Å². The van der Waals surface area contributed by atoms with Crippen LogP contribution in [0.3, 0.4) is 0 Å². The molecular weight excluding hydrogens is 208 g/mol. The van der Waals surface area contributed by atoms with Crippen molar-refractivity contribution in [1.82, 2.24) is 5.32 Å². The molecule has 0 rings (SSSR count). The maximum absolute atomic E-state index is 11.5. The zero-order valence-electron chi connectivity index (χ0n) is 10.2. The van der Waals surface area contributed by atoms with Gasteiger partial charge < -0.3 is 11.1 Å². The van der Waals surface area contributed by atoms with E-state index in [1.165, 1.54) is 0 Å². The van der Waals surface area contributed by atoms with E-state index in [1.54, 1.807) is 11.8 Å². The second kappa shape index (κ2) is 7.99. The predicted molar refractivity (Wildman–Crippen MR) is 68.0 cm³/mol. The fourth-order valence-electron chi connectivity index (χ4n) is 0.883. The number of thioether (sulfide) groups is 1. The minimum Gasteiger partial charge on any atom is -0.353 e. The van der Waals surface area contributed by atoms with Crippen LogP contribution in [0.2, 0.25) is 0 Å². The van der Waals surface area contributed by atoms with Gasteiger partial charge in [-0.15, -0.1) is 0 Å². The average Bonchev–Trinajstić information content (AvgIpc) is 2.17. The molecular formula is C11H24N2OS. The number of hydrogen-bond acceptors (Lipinski definition) is 3. The lowest BCUT2D eigenvalue weighted by atomic mass is 10.1. The number of hydrogen-bond donors (Lipinski definition) is 2. The number of nitrogens with two attached hydrogens (primary N) is 1. The lowest BCUT2D eigenvalue weighted by Gasteiger charge is -2.17. The van der Waals surface area contributed by atoms with Gasteiger partial charge in [-0.25, -0.2) is 0 Å². The fourth-order valence-corrected chi connectivity index (χ4v) is 1.81. The van der Waals surface area contributed by atoms with E-state index in [4.69, 9.17) is 5.73 Å². The van der Waals surface area contributed by atoms with Gasteiger partial charge in [-0.1, -0.05) is 20.8 Å². The standard InChI is InChI=1S/C11H24N2OS/c1-5-10(12)6-15-7-11(14)13-9(4)8(2)3/h8-10H,5-7,12H2,1-4H3,(H,13,14). The van der Waals surface area contributed by atoms with Crippen LogP contribution in [0.5, 0.6) is 0 Å². The quantitative estimate of drug-likeness (QED) is 0.701. The second-order valence-electron chi connectivity index (χ2n) is 4.28. The van der Waals surface area contributed by atoms with Crippen LogP contribution < -0.4 is 11.1 Å². The van der Waals surface area contributed by atoms with Crippen LogP contribution in [-0.4, -0.2) is 29.5 Å². The third kappa shape index (κ3) is 7.68. The second-order valence-corrected chi connectivity index (χ2v) is 5.31. The summed E-state index contributed by atoms with van der Waals surface area (Å²) in [4.78, 5) is 11.5. The van der Waals surface area contributed by atoms with Gasteiger partial charge in [0.15, 0.2) is 0 Å². The van der Waals surface area contributed by atoms with Crippen LogP contribution in [0.4, 0.5) is 0 Å². The Balaban J connectivity index is 3.58. The average molecular weight is 232 g/mol. The van der Waals surface area contributed by atoms with Crippen molar-refractivity contribution < 1.29 is 4.79 Å². The summed E-state index contributed by atoms with van der Waals surface area (Å²) in [6, 6.07) is 0.461. The molecule has 0 radical (unpaired) electrons. The first-order chi connectivity index (χ1) is 6.97. The van der Waals surface area contributed by atoms with Crippen molar-refractivity contribution in [2.45, 2.75) is 46.2 Å². The van der Waals surface area contributed by atoms with Crippen molar-refractivity contribution in [2.75, 3.05) is 11.5 Å². The molecule has 0 fully saturated rings. The highest BCUT2D eigenvalue weighted by molar-refractivity contribution is 7.99. The summed E-state index contributed by atoms with van der Waals surface area (Å²) in [6.45, 7) is 8.30. The molecule has 2 atom stereocenters. The Kier molecular flexibility index (Phi) is 7.88. The van der Waals surface area contributed by atoms with E-state index >= 15 is 0 Å². The minimum absolute atomic E-state index is 0.115. The summed E-state index contributed by atoms with van der Waals surface area (Å²) in [5.41, 5.74) is 5.76. The molecule has 0 aromatic rings. The number of nitrogens with one attached hydrogen (secondary N) is 1. The van der Waals surface area contributed by atoms with E-state index in [2.05, 4.69) is 26.1 Å². The Morgan fingerprint density at radius 3 is 2.47 bits per heavy atom. The largest absolute Gasteiger partial charge is 0.353 e. The summed E-state index contributed by atoms with van der Waals surface area (Å²) in [5, 5.41) is 2.97. The molecule has 0 aliphatic heterocycles. The van der Waals surface area contributed by atoms with Gasteiger partial charge in [0.2, 0.25) is 5.91 Å². The molecule has 90 valence electrons. The Bertz CT molecular complexity index is 185. The van der Waals surface area contributed by atoms with Crippen LogP contribution in [0.15, 0.2) is 0 Å². The van der Waals surface area contributed by atoms with Crippen molar-refractivity contribution >= 4 is 17.7 Å². The van der Waals surface area contributed by atoms with Crippen molar-refractivity contribution in [1.29, 1.82) is 0 Å². The summed E-state index contributed by atoms with van der Waals surface area (Å²) >= 11 is 1.61. The molecule has 1 amide bonds. The highest BCUT2D eigenvalue weighted by atomic mass is 32.2. The zero-order chi connectivity index (χ0) is 11.8. The predicted octanol–water partition coefficient (Wildman–Crippen LogP) is 1.62. The van der Waals surface area contributed by atoms with Gasteiger partial charge in [0, 0.05) is 17.8 Å². The minimum atomic E-state index is 0.115. The van der Waals surface area contributed by atoms with E-state index in [0.717, 1.165) is 12.2 Å². The first kappa shape index (κ1) is 14.8. The summed E-state index contributed by atoms with van der Waals surface area (Å²) < 4.78 is 0. The molecule has 3 nitrogen and oxygen atoms in total. The maximum atomic E-state index is 11.5. The van der Waals surface area contributed by atoms with Crippen LogP contribution in [0.25, 0.3) is 0 Å². The number of carbonyl (C=O) groups excluding carboxylic acids is 1. The Morgan fingerprint density at radius 2 is 2.00 bits per heavy atom. The molecule has 0 aliphatic rings. The maximum Gasteiger partial charge on any atom is 0.230 e. The first-order valence-corrected chi connectivity index (χ1v) is 6.75. The van der Waals surface area contributed by atoms with Crippen molar-refractivity contribution in [3.05, 3.63) is 0 Å². The third-order valence-electron chi connectivity index (χ3n) is 2.48. The highest BCUT2D eigenvalue weighted by Gasteiger charge is 2.10. The number of rotatable bonds is 7. The highest BCUT2D eigenvalue weighted by Crippen LogP contribution is 2.05. The third-order valence-corrected chi connectivity index (χ3v) is 3.61. The van der Waals surface area contributed by atoms with E-state index in [9.17, 15) is 4.79 Å². The van der Waals surface area contributed by atoms with Crippen molar-refractivity contribution in [3.63, 3.8) is 0 Å². The molecule has 0 aromatic heterocycles. The Labute approximate surface area is 97.6 Å². The van der Waals surface area contributed by atoms with E-state index in [1.807, 2.05) is 6.92 Å². The van der Waals surface area contributed by atoms with Crippen molar-refractivity contribution in [3.8, 4) is 0 Å². The molecule has 15 heavy (non-hydrogen) atoms.